The number of aromatic hydroxyl groups is 5. The Bertz CT molecular complexity index is 790. The van der Waals surface area contributed by atoms with Gasteiger partial charge in [-0.1, -0.05) is 0 Å². The summed E-state index contributed by atoms with van der Waals surface area (Å²) in [4.78, 5) is 12.2. The molecule has 0 fully saturated rings. The SMILES string of the molecule is O=C1c2cc(O)c(O)cc2OC(c2cc(O)c(O)c(O)c2)C1O. The van der Waals surface area contributed by atoms with Gasteiger partial charge in [0.15, 0.2) is 46.7 Å². The van der Waals surface area contributed by atoms with Crippen LogP contribution in [-0.2, 0) is 0 Å². The number of hydrogen-bond donors (Lipinski definition) is 6. The molecule has 1 aliphatic rings. The summed E-state index contributed by atoms with van der Waals surface area (Å²) in [6.45, 7) is 0. The number of phenols is 5. The van der Waals surface area contributed by atoms with Crippen LogP contribution in [0.25, 0.3) is 0 Å². The molecular formula is C15H12O8. The molecule has 0 bridgehead atoms. The largest absolute Gasteiger partial charge is 0.504 e. The zero-order valence-corrected chi connectivity index (χ0v) is 11.5. The molecule has 2 unspecified atom stereocenters. The van der Waals surface area contributed by atoms with Crippen molar-refractivity contribution in [3.63, 3.8) is 0 Å². The number of ether oxygens (including phenoxy) is 1. The van der Waals surface area contributed by atoms with E-state index in [9.17, 15) is 35.4 Å². The van der Waals surface area contributed by atoms with E-state index in [4.69, 9.17) is 4.74 Å². The Morgan fingerprint density at radius 2 is 1.39 bits per heavy atom. The molecule has 2 aromatic carbocycles. The smallest absolute Gasteiger partial charge is 0.200 e. The molecule has 0 aliphatic carbocycles. The van der Waals surface area contributed by atoms with Crippen LogP contribution in [0.1, 0.15) is 22.0 Å². The minimum atomic E-state index is -1.67. The number of rotatable bonds is 1. The Labute approximate surface area is 129 Å². The van der Waals surface area contributed by atoms with Crippen molar-refractivity contribution in [3.05, 3.63) is 35.4 Å². The Hall–Kier alpha value is -3.13. The van der Waals surface area contributed by atoms with Crippen LogP contribution in [0.5, 0.6) is 34.5 Å². The fourth-order valence-electron chi connectivity index (χ4n) is 2.39. The van der Waals surface area contributed by atoms with Crippen molar-refractivity contribution in [2.45, 2.75) is 12.2 Å². The molecule has 0 saturated carbocycles. The molecule has 0 saturated heterocycles. The third kappa shape index (κ3) is 2.25. The van der Waals surface area contributed by atoms with Crippen LogP contribution in [0, 0.1) is 0 Å². The van der Waals surface area contributed by atoms with Crippen molar-refractivity contribution in [1.29, 1.82) is 0 Å². The fraction of sp³-hybridized carbons (Fsp3) is 0.133. The van der Waals surface area contributed by atoms with Crippen LogP contribution < -0.4 is 4.74 Å². The van der Waals surface area contributed by atoms with Crippen molar-refractivity contribution in [2.75, 3.05) is 0 Å². The average Bonchev–Trinajstić information content (AvgIpc) is 2.50. The highest BCUT2D eigenvalue weighted by molar-refractivity contribution is 6.03. The van der Waals surface area contributed by atoms with Gasteiger partial charge in [-0.2, -0.15) is 0 Å². The second-order valence-electron chi connectivity index (χ2n) is 5.09. The van der Waals surface area contributed by atoms with Gasteiger partial charge in [0.1, 0.15) is 5.75 Å². The lowest BCUT2D eigenvalue weighted by Gasteiger charge is -2.30. The second kappa shape index (κ2) is 4.96. The van der Waals surface area contributed by atoms with Crippen molar-refractivity contribution in [3.8, 4) is 34.5 Å². The summed E-state index contributed by atoms with van der Waals surface area (Å²) >= 11 is 0. The first-order chi connectivity index (χ1) is 10.8. The number of carbonyl (C=O) groups excluding carboxylic acids is 1. The van der Waals surface area contributed by atoms with Gasteiger partial charge in [0.05, 0.1) is 5.56 Å². The Balaban J connectivity index is 2.09. The number of carbonyl (C=O) groups is 1. The fourth-order valence-corrected chi connectivity index (χ4v) is 2.39. The van der Waals surface area contributed by atoms with Crippen LogP contribution in [-0.4, -0.2) is 42.5 Å². The number of phenolic OH excluding ortho intramolecular Hbond substituents is 5. The zero-order chi connectivity index (χ0) is 16.9. The first-order valence-corrected chi connectivity index (χ1v) is 6.49. The summed E-state index contributed by atoms with van der Waals surface area (Å²) in [5.74, 6) is -3.93. The Kier molecular flexibility index (Phi) is 3.19. The number of hydrogen-bond acceptors (Lipinski definition) is 8. The maximum Gasteiger partial charge on any atom is 0.200 e. The lowest BCUT2D eigenvalue weighted by molar-refractivity contribution is 0.0213. The number of benzene rings is 2. The van der Waals surface area contributed by atoms with Gasteiger partial charge < -0.3 is 35.4 Å². The monoisotopic (exact) mass is 320 g/mol. The average molecular weight is 320 g/mol. The highest BCUT2D eigenvalue weighted by Crippen LogP contribution is 2.43. The molecule has 1 aliphatic heterocycles. The topological polar surface area (TPSA) is 148 Å². The maximum atomic E-state index is 12.2. The van der Waals surface area contributed by atoms with E-state index in [2.05, 4.69) is 0 Å². The van der Waals surface area contributed by atoms with Crippen molar-refractivity contribution in [1.82, 2.24) is 0 Å². The second-order valence-corrected chi connectivity index (χ2v) is 5.09. The number of aliphatic hydroxyl groups excluding tert-OH is 1. The zero-order valence-electron chi connectivity index (χ0n) is 11.5. The van der Waals surface area contributed by atoms with E-state index in [1.165, 1.54) is 0 Å². The number of aliphatic hydroxyl groups is 1. The van der Waals surface area contributed by atoms with E-state index in [1.807, 2.05) is 0 Å². The molecule has 0 spiro atoms. The third-order valence-corrected chi connectivity index (χ3v) is 3.57. The molecule has 6 N–H and O–H groups in total. The van der Waals surface area contributed by atoms with E-state index in [1.54, 1.807) is 0 Å². The molecule has 0 aromatic heterocycles. The van der Waals surface area contributed by atoms with Crippen molar-refractivity contribution < 1.29 is 40.2 Å². The summed E-state index contributed by atoms with van der Waals surface area (Å²) in [5, 5.41) is 57.4. The van der Waals surface area contributed by atoms with Gasteiger partial charge in [-0.05, 0) is 18.2 Å². The van der Waals surface area contributed by atoms with Gasteiger partial charge in [0.2, 0.25) is 0 Å². The van der Waals surface area contributed by atoms with Crippen molar-refractivity contribution >= 4 is 5.78 Å². The van der Waals surface area contributed by atoms with Gasteiger partial charge in [-0.3, -0.25) is 4.79 Å². The maximum absolute atomic E-state index is 12.2. The predicted octanol–water partition coefficient (Wildman–Crippen LogP) is 0.892. The highest BCUT2D eigenvalue weighted by atomic mass is 16.5. The van der Waals surface area contributed by atoms with Crippen LogP contribution in [0.15, 0.2) is 24.3 Å². The van der Waals surface area contributed by atoms with Crippen LogP contribution in [0.3, 0.4) is 0 Å². The molecule has 0 amide bonds. The van der Waals surface area contributed by atoms with Crippen LogP contribution >= 0.6 is 0 Å². The Morgan fingerprint density at radius 1 is 0.826 bits per heavy atom. The van der Waals surface area contributed by atoms with Crippen LogP contribution in [0.4, 0.5) is 0 Å². The molecule has 0 radical (unpaired) electrons. The summed E-state index contributed by atoms with van der Waals surface area (Å²) in [6, 6.07) is 4.04. The third-order valence-electron chi connectivity index (χ3n) is 3.57. The standard InChI is InChI=1S/C15H12O8/c16-7-3-6-11(4-8(7)17)23-15(14(22)12(6)20)5-1-9(18)13(21)10(19)2-5/h1-4,14-19,21-22H. The number of Topliss-reactive ketones (excluding diaryl/α,β-unsaturated/α-hetero) is 1. The molecule has 1 heterocycles. The molecule has 2 atom stereocenters. The van der Waals surface area contributed by atoms with E-state index in [0.717, 1.165) is 24.3 Å². The van der Waals surface area contributed by atoms with E-state index in [-0.39, 0.29) is 16.9 Å². The van der Waals surface area contributed by atoms with Gasteiger partial charge in [-0.25, -0.2) is 0 Å². The molecular weight excluding hydrogens is 308 g/mol. The minimum Gasteiger partial charge on any atom is -0.504 e. The van der Waals surface area contributed by atoms with Gasteiger partial charge in [0, 0.05) is 11.6 Å². The first kappa shape index (κ1) is 14.8. The lowest BCUT2D eigenvalue weighted by Crippen LogP contribution is -2.36. The minimum absolute atomic E-state index is 0.0388. The van der Waals surface area contributed by atoms with Gasteiger partial charge in [-0.15, -0.1) is 0 Å². The lowest BCUT2D eigenvalue weighted by atomic mass is 9.93. The van der Waals surface area contributed by atoms with Gasteiger partial charge in [0.25, 0.3) is 0 Å². The number of ketones is 1. The predicted molar refractivity (Wildman–Crippen MR) is 74.9 cm³/mol. The molecule has 23 heavy (non-hydrogen) atoms. The molecule has 2 aromatic rings. The van der Waals surface area contributed by atoms with E-state index < -0.39 is 46.7 Å². The Morgan fingerprint density at radius 3 is 2.00 bits per heavy atom. The first-order valence-electron chi connectivity index (χ1n) is 6.49. The highest BCUT2D eigenvalue weighted by Gasteiger charge is 2.38. The molecule has 3 rings (SSSR count). The summed E-state index contributed by atoms with van der Waals surface area (Å²) in [7, 11) is 0. The van der Waals surface area contributed by atoms with E-state index >= 15 is 0 Å². The van der Waals surface area contributed by atoms with Crippen LogP contribution in [0.2, 0.25) is 0 Å². The summed E-state index contributed by atoms with van der Waals surface area (Å²) in [6.07, 6.45) is -2.95. The number of fused-ring (bicyclic) bond motifs is 1. The molecule has 8 nitrogen and oxygen atoms in total. The van der Waals surface area contributed by atoms with E-state index in [0.29, 0.717) is 0 Å². The summed E-state index contributed by atoms with van der Waals surface area (Å²) in [5.41, 5.74) is -0.0758. The quantitative estimate of drug-likeness (QED) is 0.424. The van der Waals surface area contributed by atoms with Gasteiger partial charge >= 0.3 is 0 Å². The van der Waals surface area contributed by atoms with Crippen molar-refractivity contribution in [2.24, 2.45) is 0 Å². The summed E-state index contributed by atoms with van der Waals surface area (Å²) < 4.78 is 5.44. The molecule has 8 heteroatoms. The normalized spacial score (nSPS) is 20.0. The molecule has 120 valence electrons.